The van der Waals surface area contributed by atoms with Crippen molar-refractivity contribution in [3.8, 4) is 6.07 Å². The molecule has 0 unspecified atom stereocenters. The lowest BCUT2D eigenvalue weighted by atomic mass is 9.86. The maximum Gasteiger partial charge on any atom is 0.234 e. The van der Waals surface area contributed by atoms with E-state index in [9.17, 15) is 14.4 Å². The highest BCUT2D eigenvalue weighted by Crippen LogP contribution is 2.42. The molecule has 5 rings (SSSR count). The Hall–Kier alpha value is -2.59. The first-order valence-electron chi connectivity index (χ1n) is 8.52. The highest BCUT2D eigenvalue weighted by Gasteiger charge is 2.33. The van der Waals surface area contributed by atoms with E-state index in [0.29, 0.717) is 22.2 Å². The van der Waals surface area contributed by atoms with E-state index < -0.39 is 5.82 Å². The Morgan fingerprint density at radius 1 is 1.38 bits per heavy atom. The number of aromatic nitrogens is 1. The van der Waals surface area contributed by atoms with Gasteiger partial charge in [0.15, 0.2) is 0 Å². The van der Waals surface area contributed by atoms with Crippen molar-refractivity contribution in [3.05, 3.63) is 47.4 Å². The summed E-state index contributed by atoms with van der Waals surface area (Å²) in [6.45, 7) is 2.04. The van der Waals surface area contributed by atoms with E-state index in [2.05, 4.69) is 16.3 Å². The number of fused-ring (bicyclic) bond motifs is 2. The zero-order chi connectivity index (χ0) is 18.1. The van der Waals surface area contributed by atoms with Crippen LogP contribution in [0.2, 0.25) is 0 Å². The third-order valence-corrected chi connectivity index (χ3v) is 5.78. The predicted molar refractivity (Wildman–Crippen MR) is 98.9 cm³/mol. The molecule has 0 atom stereocenters. The van der Waals surface area contributed by atoms with Crippen molar-refractivity contribution in [2.45, 2.75) is 23.8 Å². The molecule has 7 heteroatoms. The molecular weight excluding hydrogens is 351 g/mol. The zero-order valence-electron chi connectivity index (χ0n) is 14.0. The molecule has 0 spiro atoms. The van der Waals surface area contributed by atoms with Crippen LogP contribution in [0.4, 0.5) is 15.8 Å². The Balaban J connectivity index is 1.49. The van der Waals surface area contributed by atoms with Crippen molar-refractivity contribution in [1.82, 2.24) is 4.98 Å². The molecule has 4 heterocycles. The van der Waals surface area contributed by atoms with E-state index >= 15 is 0 Å². The molecule has 0 saturated carbocycles. The maximum atomic E-state index is 13.2. The highest BCUT2D eigenvalue weighted by atomic mass is 32.2. The van der Waals surface area contributed by atoms with Crippen LogP contribution < -0.4 is 10.2 Å². The maximum absolute atomic E-state index is 13.2. The summed E-state index contributed by atoms with van der Waals surface area (Å²) >= 11 is 1.25. The second-order valence-electron chi connectivity index (χ2n) is 6.47. The minimum atomic E-state index is -0.399. The number of nitriles is 1. The topological polar surface area (TPSA) is 69.0 Å². The van der Waals surface area contributed by atoms with E-state index in [-0.39, 0.29) is 11.7 Å². The number of carbonyl (C=O) groups is 1. The fraction of sp³-hybridized carbons (Fsp3) is 0.316. The number of pyridine rings is 1. The lowest BCUT2D eigenvalue weighted by molar-refractivity contribution is -0.113. The van der Waals surface area contributed by atoms with Gasteiger partial charge in [-0.2, -0.15) is 5.26 Å². The molecule has 1 N–H and O–H groups in total. The summed E-state index contributed by atoms with van der Waals surface area (Å²) in [5.74, 6) is -0.0909. The molecule has 1 aromatic heterocycles. The van der Waals surface area contributed by atoms with Crippen LogP contribution in [0, 0.1) is 17.1 Å². The first-order chi connectivity index (χ1) is 12.6. The minimum Gasteiger partial charge on any atom is -0.370 e. The number of hydrogen-bond donors (Lipinski definition) is 1. The number of rotatable bonds is 4. The number of nitrogens with zero attached hydrogens (tertiary/aromatic N) is 3. The first-order valence-corrected chi connectivity index (χ1v) is 9.51. The summed E-state index contributed by atoms with van der Waals surface area (Å²) in [6, 6.07) is 9.87. The van der Waals surface area contributed by atoms with E-state index in [1.807, 2.05) is 6.07 Å². The number of hydrogen-bond acceptors (Lipinski definition) is 5. The van der Waals surface area contributed by atoms with Gasteiger partial charge in [0.05, 0.1) is 22.7 Å². The molecule has 1 fully saturated rings. The number of nitrogens with one attached hydrogen (secondary N) is 1. The van der Waals surface area contributed by atoms with E-state index in [1.165, 1.54) is 23.9 Å². The molecule has 5 nitrogen and oxygen atoms in total. The summed E-state index contributed by atoms with van der Waals surface area (Å²) in [5, 5.41) is 12.7. The van der Waals surface area contributed by atoms with E-state index in [0.717, 1.165) is 37.3 Å². The number of benzene rings is 1. The molecule has 2 aromatic rings. The SMILES string of the molecule is N#Cc1cc2c(nc1SCC(=O)Nc1cccc(F)c1)C1CCN2CC1. The standard InChI is InChI=1S/C19H17FN4OS/c20-14-2-1-3-15(9-14)22-17(25)11-26-19-13(10-21)8-16-18(23-19)12-4-6-24(16)7-5-12/h1-3,8-9,12H,4-7,11H2,(H,22,25). The van der Waals surface area contributed by atoms with Crippen LogP contribution in [0.3, 0.4) is 0 Å². The van der Waals surface area contributed by atoms with Gasteiger partial charge < -0.3 is 10.2 Å². The van der Waals surface area contributed by atoms with Crippen LogP contribution in [0.5, 0.6) is 0 Å². The van der Waals surface area contributed by atoms with Crippen molar-refractivity contribution in [2.75, 3.05) is 29.1 Å². The Morgan fingerprint density at radius 3 is 2.92 bits per heavy atom. The Bertz CT molecular complexity index is 903. The molecule has 3 aliphatic rings. The molecule has 2 bridgehead atoms. The predicted octanol–water partition coefficient (Wildman–Crippen LogP) is 3.52. The molecule has 0 aliphatic carbocycles. The molecule has 26 heavy (non-hydrogen) atoms. The largest absolute Gasteiger partial charge is 0.370 e. The van der Waals surface area contributed by atoms with Gasteiger partial charge in [0.1, 0.15) is 16.9 Å². The van der Waals surface area contributed by atoms with Crippen LogP contribution in [0.1, 0.15) is 30.0 Å². The highest BCUT2D eigenvalue weighted by molar-refractivity contribution is 8.00. The van der Waals surface area contributed by atoms with Crippen LogP contribution >= 0.6 is 11.8 Å². The quantitative estimate of drug-likeness (QED) is 0.836. The van der Waals surface area contributed by atoms with Gasteiger partial charge in [-0.1, -0.05) is 17.8 Å². The van der Waals surface area contributed by atoms with Gasteiger partial charge >= 0.3 is 0 Å². The minimum absolute atomic E-state index is 0.116. The summed E-state index contributed by atoms with van der Waals surface area (Å²) < 4.78 is 13.2. The van der Waals surface area contributed by atoms with Crippen molar-refractivity contribution in [1.29, 1.82) is 5.26 Å². The molecule has 132 valence electrons. The van der Waals surface area contributed by atoms with Crippen LogP contribution in [0.15, 0.2) is 35.4 Å². The second-order valence-corrected chi connectivity index (χ2v) is 7.43. The fourth-order valence-electron chi connectivity index (χ4n) is 3.53. The van der Waals surface area contributed by atoms with Crippen LogP contribution in [0.25, 0.3) is 0 Å². The van der Waals surface area contributed by atoms with Gasteiger partial charge in [0.2, 0.25) is 5.91 Å². The second kappa shape index (κ2) is 6.96. The van der Waals surface area contributed by atoms with Gasteiger partial charge in [-0.3, -0.25) is 4.79 Å². The van der Waals surface area contributed by atoms with Gasteiger partial charge in [0, 0.05) is 24.7 Å². The van der Waals surface area contributed by atoms with Gasteiger partial charge in [0.25, 0.3) is 0 Å². The number of carbonyl (C=O) groups excluding carboxylic acids is 1. The summed E-state index contributed by atoms with van der Waals surface area (Å²) in [7, 11) is 0. The molecule has 0 radical (unpaired) electrons. The molecule has 1 aromatic carbocycles. The number of anilines is 2. The van der Waals surface area contributed by atoms with Gasteiger partial charge in [-0.25, -0.2) is 9.37 Å². The van der Waals surface area contributed by atoms with Crippen LogP contribution in [-0.4, -0.2) is 29.7 Å². The van der Waals surface area contributed by atoms with E-state index in [1.54, 1.807) is 12.1 Å². The third kappa shape index (κ3) is 3.25. The average Bonchev–Trinajstić information content (AvgIpc) is 2.66. The fourth-order valence-corrected chi connectivity index (χ4v) is 4.30. The average molecular weight is 368 g/mol. The first kappa shape index (κ1) is 16.9. The molecule has 1 saturated heterocycles. The van der Waals surface area contributed by atoms with E-state index in [4.69, 9.17) is 4.98 Å². The Morgan fingerprint density at radius 2 is 2.19 bits per heavy atom. The van der Waals surface area contributed by atoms with Gasteiger partial charge in [-0.05, 0) is 37.1 Å². The Kier molecular flexibility index (Phi) is 4.51. The lowest BCUT2D eigenvalue weighted by Crippen LogP contribution is -2.39. The van der Waals surface area contributed by atoms with Crippen molar-refractivity contribution >= 4 is 29.0 Å². The molecule has 1 amide bonds. The lowest BCUT2D eigenvalue weighted by Gasteiger charge is -2.41. The van der Waals surface area contributed by atoms with Crippen LogP contribution in [-0.2, 0) is 4.79 Å². The van der Waals surface area contributed by atoms with Crippen molar-refractivity contribution in [2.24, 2.45) is 0 Å². The number of amides is 1. The van der Waals surface area contributed by atoms with Gasteiger partial charge in [-0.15, -0.1) is 0 Å². The number of thioether (sulfide) groups is 1. The monoisotopic (exact) mass is 368 g/mol. The van der Waals surface area contributed by atoms with Crippen molar-refractivity contribution in [3.63, 3.8) is 0 Å². The van der Waals surface area contributed by atoms with Crippen molar-refractivity contribution < 1.29 is 9.18 Å². The summed E-state index contributed by atoms with van der Waals surface area (Å²) in [5.41, 5.74) is 3.03. The third-order valence-electron chi connectivity index (χ3n) is 4.79. The smallest absolute Gasteiger partial charge is 0.234 e. The zero-order valence-corrected chi connectivity index (χ0v) is 14.9. The Labute approximate surface area is 155 Å². The molecular formula is C19H17FN4OS. The number of halogens is 1. The molecule has 3 aliphatic heterocycles. The summed E-state index contributed by atoms with van der Waals surface area (Å²) in [6.07, 6.45) is 2.19. The summed E-state index contributed by atoms with van der Waals surface area (Å²) in [4.78, 5) is 19.1. The number of piperidine rings is 1. The normalized spacial score (nSPS) is 15.5.